The highest BCUT2D eigenvalue weighted by Crippen LogP contribution is 2.22. The third-order valence-corrected chi connectivity index (χ3v) is 2.56. The molecule has 1 aromatic rings. The van der Waals surface area contributed by atoms with E-state index in [2.05, 4.69) is 19.2 Å². The van der Waals surface area contributed by atoms with E-state index in [-0.39, 0.29) is 17.4 Å². The number of halogens is 1. The van der Waals surface area contributed by atoms with Crippen LogP contribution in [0.2, 0.25) is 0 Å². The number of nitrogens with two attached hydrogens (primary N) is 1. The molecule has 1 rings (SSSR count). The van der Waals surface area contributed by atoms with Crippen LogP contribution in [-0.2, 0) is 0 Å². The molecule has 0 aliphatic heterocycles. The minimum Gasteiger partial charge on any atom is -0.379 e. The van der Waals surface area contributed by atoms with Gasteiger partial charge in [-0.25, -0.2) is 4.39 Å². The van der Waals surface area contributed by atoms with Crippen LogP contribution in [0.4, 0.5) is 15.8 Å². The van der Waals surface area contributed by atoms with E-state index in [1.165, 1.54) is 12.1 Å². The normalized spacial score (nSPS) is 12.5. The summed E-state index contributed by atoms with van der Waals surface area (Å²) in [5.41, 5.74) is 5.59. The summed E-state index contributed by atoms with van der Waals surface area (Å²) < 4.78 is 13.6. The van der Waals surface area contributed by atoms with Gasteiger partial charge in [-0.3, -0.25) is 10.1 Å². The van der Waals surface area contributed by atoms with E-state index >= 15 is 0 Å². The van der Waals surface area contributed by atoms with Crippen LogP contribution in [0.1, 0.15) is 20.3 Å². The van der Waals surface area contributed by atoms with Gasteiger partial charge in [-0.2, -0.15) is 0 Å². The van der Waals surface area contributed by atoms with Crippen LogP contribution in [0.3, 0.4) is 0 Å². The van der Waals surface area contributed by atoms with Crippen molar-refractivity contribution in [2.75, 3.05) is 11.9 Å². The highest BCUT2D eigenvalue weighted by atomic mass is 19.1. The predicted octanol–water partition coefficient (Wildman–Crippen LogP) is 2.52. The van der Waals surface area contributed by atoms with Crippen LogP contribution >= 0.6 is 0 Å². The first kappa shape index (κ1) is 14.4. The minimum atomic E-state index is -0.633. The first-order valence-electron chi connectivity index (χ1n) is 5.84. The number of anilines is 1. The first-order chi connectivity index (χ1) is 8.43. The van der Waals surface area contributed by atoms with Crippen LogP contribution < -0.4 is 11.1 Å². The summed E-state index contributed by atoms with van der Waals surface area (Å²) in [6.45, 7) is 4.49. The van der Waals surface area contributed by atoms with E-state index in [4.69, 9.17) is 5.73 Å². The van der Waals surface area contributed by atoms with Gasteiger partial charge in [-0.1, -0.05) is 13.8 Å². The predicted molar refractivity (Wildman–Crippen MR) is 69.0 cm³/mol. The smallest absolute Gasteiger partial charge is 0.272 e. The number of non-ortho nitro benzene ring substituents is 1. The quantitative estimate of drug-likeness (QED) is 0.604. The summed E-state index contributed by atoms with van der Waals surface area (Å²) >= 11 is 0. The van der Waals surface area contributed by atoms with Gasteiger partial charge in [0, 0.05) is 18.7 Å². The Bertz CT molecular complexity index is 424. The Morgan fingerprint density at radius 2 is 2.17 bits per heavy atom. The molecule has 0 fully saturated rings. The fourth-order valence-corrected chi connectivity index (χ4v) is 1.74. The summed E-state index contributed by atoms with van der Waals surface area (Å²) in [5.74, 6) is -0.196. The monoisotopic (exact) mass is 255 g/mol. The van der Waals surface area contributed by atoms with Gasteiger partial charge in [0.25, 0.3) is 5.69 Å². The molecule has 0 radical (unpaired) electrons. The van der Waals surface area contributed by atoms with Gasteiger partial charge >= 0.3 is 0 Å². The van der Waals surface area contributed by atoms with Crippen LogP contribution in [0, 0.1) is 21.8 Å². The van der Waals surface area contributed by atoms with Gasteiger partial charge in [0.2, 0.25) is 0 Å². The molecular weight excluding hydrogens is 237 g/mol. The molecule has 0 heterocycles. The zero-order valence-electron chi connectivity index (χ0n) is 10.5. The molecule has 0 spiro atoms. The van der Waals surface area contributed by atoms with Crippen molar-refractivity contribution in [2.24, 2.45) is 11.7 Å². The van der Waals surface area contributed by atoms with Crippen molar-refractivity contribution < 1.29 is 9.31 Å². The SMILES string of the molecule is CC(C)CC(CN)Nc1ccc([N+](=O)[O-])cc1F. The molecule has 1 aromatic carbocycles. The largest absolute Gasteiger partial charge is 0.379 e. The standard InChI is InChI=1S/C12H18FN3O2/c1-8(2)5-9(7-14)15-12-4-3-10(16(17)18)6-11(12)13/h3-4,6,8-9,15H,5,7,14H2,1-2H3. The Morgan fingerprint density at radius 3 is 2.61 bits per heavy atom. The first-order valence-corrected chi connectivity index (χ1v) is 5.84. The summed E-state index contributed by atoms with van der Waals surface area (Å²) in [6.07, 6.45) is 0.812. The molecule has 5 nitrogen and oxygen atoms in total. The van der Waals surface area contributed by atoms with Gasteiger partial charge in [0.15, 0.2) is 5.82 Å². The average Bonchev–Trinajstić information content (AvgIpc) is 2.29. The van der Waals surface area contributed by atoms with E-state index in [9.17, 15) is 14.5 Å². The molecule has 0 aromatic heterocycles. The number of nitrogens with one attached hydrogen (secondary N) is 1. The fourth-order valence-electron chi connectivity index (χ4n) is 1.74. The van der Waals surface area contributed by atoms with Gasteiger partial charge in [0.05, 0.1) is 16.7 Å². The molecule has 1 atom stereocenters. The number of benzene rings is 1. The number of nitro benzene ring substituents is 1. The summed E-state index contributed by atoms with van der Waals surface area (Å²) in [7, 11) is 0. The number of rotatable bonds is 6. The number of hydrogen-bond acceptors (Lipinski definition) is 4. The van der Waals surface area contributed by atoms with E-state index in [0.29, 0.717) is 12.5 Å². The second kappa shape index (κ2) is 6.30. The lowest BCUT2D eigenvalue weighted by molar-refractivity contribution is -0.385. The van der Waals surface area contributed by atoms with Crippen molar-refractivity contribution in [3.8, 4) is 0 Å². The molecule has 3 N–H and O–H groups in total. The lowest BCUT2D eigenvalue weighted by Gasteiger charge is -2.20. The average molecular weight is 255 g/mol. The maximum absolute atomic E-state index is 13.6. The molecule has 0 saturated heterocycles. The van der Waals surface area contributed by atoms with Crippen LogP contribution in [0.15, 0.2) is 18.2 Å². The number of nitro groups is 1. The van der Waals surface area contributed by atoms with E-state index < -0.39 is 10.7 Å². The number of hydrogen-bond donors (Lipinski definition) is 2. The molecular formula is C12H18FN3O2. The summed E-state index contributed by atoms with van der Waals surface area (Å²) in [5, 5.41) is 13.5. The molecule has 0 aliphatic carbocycles. The Balaban J connectivity index is 2.80. The highest BCUT2D eigenvalue weighted by molar-refractivity contribution is 5.50. The maximum atomic E-state index is 13.6. The van der Waals surface area contributed by atoms with Crippen molar-refractivity contribution in [3.05, 3.63) is 34.1 Å². The molecule has 1 unspecified atom stereocenters. The third-order valence-electron chi connectivity index (χ3n) is 2.56. The molecule has 18 heavy (non-hydrogen) atoms. The highest BCUT2D eigenvalue weighted by Gasteiger charge is 2.14. The fraction of sp³-hybridized carbons (Fsp3) is 0.500. The summed E-state index contributed by atoms with van der Waals surface area (Å²) in [6, 6.07) is 3.51. The molecule has 6 heteroatoms. The van der Waals surface area contributed by atoms with Crippen molar-refractivity contribution in [2.45, 2.75) is 26.3 Å². The van der Waals surface area contributed by atoms with Crippen molar-refractivity contribution in [1.29, 1.82) is 0 Å². The third kappa shape index (κ3) is 3.96. The van der Waals surface area contributed by atoms with Gasteiger partial charge in [-0.05, 0) is 18.4 Å². The van der Waals surface area contributed by atoms with Crippen LogP contribution in [-0.4, -0.2) is 17.5 Å². The Morgan fingerprint density at radius 1 is 1.50 bits per heavy atom. The van der Waals surface area contributed by atoms with E-state index in [1.54, 1.807) is 0 Å². The Kier molecular flexibility index (Phi) is 5.03. The van der Waals surface area contributed by atoms with Crippen LogP contribution in [0.5, 0.6) is 0 Å². The topological polar surface area (TPSA) is 81.2 Å². The molecule has 100 valence electrons. The van der Waals surface area contributed by atoms with E-state index in [0.717, 1.165) is 12.5 Å². The number of nitrogens with zero attached hydrogens (tertiary/aromatic N) is 1. The minimum absolute atomic E-state index is 0.0408. The second-order valence-corrected chi connectivity index (χ2v) is 4.63. The summed E-state index contributed by atoms with van der Waals surface area (Å²) in [4.78, 5) is 9.86. The van der Waals surface area contributed by atoms with Crippen molar-refractivity contribution in [3.63, 3.8) is 0 Å². The van der Waals surface area contributed by atoms with E-state index in [1.807, 2.05) is 0 Å². The molecule has 0 bridgehead atoms. The molecule has 0 amide bonds. The van der Waals surface area contributed by atoms with Gasteiger partial charge in [-0.15, -0.1) is 0 Å². The van der Waals surface area contributed by atoms with Crippen LogP contribution in [0.25, 0.3) is 0 Å². The molecule has 0 aliphatic rings. The van der Waals surface area contributed by atoms with Crippen molar-refractivity contribution >= 4 is 11.4 Å². The Labute approximate surface area is 105 Å². The van der Waals surface area contributed by atoms with Crippen molar-refractivity contribution in [1.82, 2.24) is 0 Å². The zero-order valence-corrected chi connectivity index (χ0v) is 10.5. The second-order valence-electron chi connectivity index (χ2n) is 4.63. The molecule has 0 saturated carbocycles. The lowest BCUT2D eigenvalue weighted by atomic mass is 10.0. The Hall–Kier alpha value is -1.69. The zero-order chi connectivity index (χ0) is 13.7. The maximum Gasteiger partial charge on any atom is 0.272 e. The van der Waals surface area contributed by atoms with Gasteiger partial charge in [0.1, 0.15) is 0 Å². The lowest BCUT2D eigenvalue weighted by Crippen LogP contribution is -2.30. The van der Waals surface area contributed by atoms with Gasteiger partial charge < -0.3 is 11.1 Å².